The second-order valence-corrected chi connectivity index (χ2v) is 9.17. The number of ether oxygens (including phenoxy) is 2. The Hall–Kier alpha value is -2.51. The topological polar surface area (TPSA) is 52.4 Å². The van der Waals surface area contributed by atoms with Crippen LogP contribution in [-0.2, 0) is 19.3 Å². The number of thioether (sulfide) groups is 1. The summed E-state index contributed by atoms with van der Waals surface area (Å²) in [6, 6.07) is 16.8. The summed E-state index contributed by atoms with van der Waals surface area (Å²) in [5.41, 5.74) is 2.57. The summed E-state index contributed by atoms with van der Waals surface area (Å²) >= 11 is 1.75. The number of hydrogen-bond acceptors (Lipinski definition) is 6. The first-order chi connectivity index (χ1) is 15.3. The minimum Gasteiger partial charge on any atom is -0.486 e. The fraction of sp³-hybridized carbons (Fsp3) is 0.417. The van der Waals surface area contributed by atoms with E-state index < -0.39 is 0 Å². The van der Waals surface area contributed by atoms with Crippen molar-refractivity contribution >= 4 is 11.8 Å². The van der Waals surface area contributed by atoms with Gasteiger partial charge in [-0.25, -0.2) is 0 Å². The van der Waals surface area contributed by atoms with Crippen molar-refractivity contribution in [2.24, 2.45) is 7.05 Å². The van der Waals surface area contributed by atoms with Crippen LogP contribution in [0.25, 0.3) is 0 Å². The second-order valence-electron chi connectivity index (χ2n) is 8.23. The molecule has 5 rings (SSSR count). The lowest BCUT2D eigenvalue weighted by Gasteiger charge is -2.32. The molecular formula is C24H28N4O2S. The van der Waals surface area contributed by atoms with Crippen LogP contribution >= 0.6 is 11.8 Å². The number of rotatable bonds is 6. The van der Waals surface area contributed by atoms with Gasteiger partial charge in [0, 0.05) is 31.8 Å². The average Bonchev–Trinajstić information content (AvgIpc) is 3.19. The van der Waals surface area contributed by atoms with Gasteiger partial charge in [0.05, 0.1) is 0 Å². The van der Waals surface area contributed by atoms with Crippen LogP contribution in [0.3, 0.4) is 0 Å². The number of likely N-dealkylation sites (tertiary alicyclic amines) is 1. The molecule has 2 aromatic carbocycles. The van der Waals surface area contributed by atoms with E-state index in [1.807, 2.05) is 12.1 Å². The summed E-state index contributed by atoms with van der Waals surface area (Å²) in [5, 5.41) is 10.1. The molecule has 0 radical (unpaired) electrons. The lowest BCUT2D eigenvalue weighted by atomic mass is 9.96. The molecule has 6 nitrogen and oxygen atoms in total. The minimum atomic E-state index is 0.412. The van der Waals surface area contributed by atoms with Crippen molar-refractivity contribution in [3.63, 3.8) is 0 Å². The van der Waals surface area contributed by atoms with Gasteiger partial charge in [0.25, 0.3) is 0 Å². The molecule has 7 heteroatoms. The van der Waals surface area contributed by atoms with Gasteiger partial charge < -0.3 is 14.0 Å². The van der Waals surface area contributed by atoms with E-state index in [1.165, 1.54) is 17.5 Å². The average molecular weight is 437 g/mol. The third-order valence-electron chi connectivity index (χ3n) is 5.96. The van der Waals surface area contributed by atoms with Crippen LogP contribution in [0.1, 0.15) is 35.7 Å². The molecule has 1 aromatic heterocycles. The number of benzene rings is 2. The van der Waals surface area contributed by atoms with Crippen LogP contribution < -0.4 is 9.47 Å². The van der Waals surface area contributed by atoms with Gasteiger partial charge in [0.2, 0.25) is 0 Å². The SMILES string of the molecule is Cn1c(SCc2ccccc2)nnc1C1CCCN(Cc2ccc3c(c2)OCCO3)C1. The Bertz CT molecular complexity index is 1020. The molecule has 1 fully saturated rings. The number of fused-ring (bicyclic) bond motifs is 1. The van der Waals surface area contributed by atoms with Crippen molar-refractivity contribution in [1.82, 2.24) is 19.7 Å². The van der Waals surface area contributed by atoms with E-state index in [0.717, 1.165) is 54.3 Å². The summed E-state index contributed by atoms with van der Waals surface area (Å²) < 4.78 is 13.6. The highest BCUT2D eigenvalue weighted by atomic mass is 32.2. The van der Waals surface area contributed by atoms with Crippen LogP contribution in [-0.4, -0.2) is 46.0 Å². The highest BCUT2D eigenvalue weighted by Crippen LogP contribution is 2.33. The first-order valence-corrected chi connectivity index (χ1v) is 11.9. The Labute approximate surface area is 187 Å². The summed E-state index contributed by atoms with van der Waals surface area (Å²) in [6.07, 6.45) is 2.33. The standard InChI is InChI=1S/C24H28N4O2S/c1-27-23(25-26-24(27)31-17-18-6-3-2-4-7-18)20-8-5-11-28(16-20)15-19-9-10-21-22(14-19)30-13-12-29-21/h2-4,6-7,9-10,14,20H,5,8,11-13,15-17H2,1H3. The fourth-order valence-corrected chi connectivity index (χ4v) is 5.26. The van der Waals surface area contributed by atoms with Gasteiger partial charge in [0.1, 0.15) is 19.0 Å². The quantitative estimate of drug-likeness (QED) is 0.538. The van der Waals surface area contributed by atoms with E-state index in [9.17, 15) is 0 Å². The summed E-state index contributed by atoms with van der Waals surface area (Å²) in [5.74, 6) is 4.14. The van der Waals surface area contributed by atoms with Gasteiger partial charge in [-0.3, -0.25) is 4.90 Å². The number of hydrogen-bond donors (Lipinski definition) is 0. The highest BCUT2D eigenvalue weighted by molar-refractivity contribution is 7.98. The molecule has 0 bridgehead atoms. The van der Waals surface area contributed by atoms with Crippen molar-refractivity contribution in [3.05, 3.63) is 65.5 Å². The predicted octanol–water partition coefficient (Wildman–Crippen LogP) is 4.26. The summed E-state index contributed by atoms with van der Waals surface area (Å²) in [4.78, 5) is 2.52. The van der Waals surface area contributed by atoms with Crippen molar-refractivity contribution in [2.45, 2.75) is 36.2 Å². The Kier molecular flexibility index (Phi) is 6.13. The van der Waals surface area contributed by atoms with E-state index in [-0.39, 0.29) is 0 Å². The monoisotopic (exact) mass is 436 g/mol. The molecule has 0 spiro atoms. The zero-order chi connectivity index (χ0) is 21.0. The number of nitrogens with zero attached hydrogens (tertiary/aromatic N) is 4. The lowest BCUT2D eigenvalue weighted by Crippen LogP contribution is -2.34. The van der Waals surface area contributed by atoms with Crippen LogP contribution in [0.2, 0.25) is 0 Å². The number of aromatic nitrogens is 3. The van der Waals surface area contributed by atoms with E-state index in [4.69, 9.17) is 9.47 Å². The molecule has 1 atom stereocenters. The summed E-state index contributed by atoms with van der Waals surface area (Å²) in [6.45, 7) is 4.28. The Morgan fingerprint density at radius 1 is 1.00 bits per heavy atom. The van der Waals surface area contributed by atoms with E-state index in [2.05, 4.69) is 63.1 Å². The molecule has 162 valence electrons. The molecule has 1 saturated heterocycles. The van der Waals surface area contributed by atoms with E-state index >= 15 is 0 Å². The van der Waals surface area contributed by atoms with Crippen molar-refractivity contribution < 1.29 is 9.47 Å². The van der Waals surface area contributed by atoms with Crippen molar-refractivity contribution in [1.29, 1.82) is 0 Å². The van der Waals surface area contributed by atoms with Gasteiger partial charge in [-0.1, -0.05) is 48.2 Å². The van der Waals surface area contributed by atoms with Gasteiger partial charge in [-0.15, -0.1) is 10.2 Å². The molecule has 3 aromatic rings. The summed E-state index contributed by atoms with van der Waals surface area (Å²) in [7, 11) is 2.10. The zero-order valence-electron chi connectivity index (χ0n) is 17.9. The lowest BCUT2D eigenvalue weighted by molar-refractivity contribution is 0.170. The third-order valence-corrected chi connectivity index (χ3v) is 7.05. The maximum absolute atomic E-state index is 5.75. The molecule has 3 heterocycles. The van der Waals surface area contributed by atoms with Gasteiger partial charge >= 0.3 is 0 Å². The van der Waals surface area contributed by atoms with Gasteiger partial charge in [-0.2, -0.15) is 0 Å². The fourth-order valence-electron chi connectivity index (χ4n) is 4.38. The third kappa shape index (κ3) is 4.72. The van der Waals surface area contributed by atoms with E-state index in [1.54, 1.807) is 11.8 Å². The Morgan fingerprint density at radius 2 is 1.84 bits per heavy atom. The Morgan fingerprint density at radius 3 is 2.71 bits per heavy atom. The predicted molar refractivity (Wildman–Crippen MR) is 122 cm³/mol. The molecule has 0 saturated carbocycles. The van der Waals surface area contributed by atoms with Gasteiger partial charge in [-0.05, 0) is 42.6 Å². The Balaban J connectivity index is 1.23. The first kappa shape index (κ1) is 20.4. The molecule has 2 aliphatic heterocycles. The maximum Gasteiger partial charge on any atom is 0.191 e. The highest BCUT2D eigenvalue weighted by Gasteiger charge is 2.26. The molecule has 0 N–H and O–H groups in total. The van der Waals surface area contributed by atoms with Crippen LogP contribution in [0.15, 0.2) is 53.7 Å². The van der Waals surface area contributed by atoms with Crippen molar-refractivity contribution in [2.75, 3.05) is 26.3 Å². The molecular weight excluding hydrogens is 408 g/mol. The maximum atomic E-state index is 5.75. The van der Waals surface area contributed by atoms with Crippen molar-refractivity contribution in [3.8, 4) is 11.5 Å². The van der Waals surface area contributed by atoms with Crippen LogP contribution in [0, 0.1) is 0 Å². The smallest absolute Gasteiger partial charge is 0.191 e. The second kappa shape index (κ2) is 9.32. The first-order valence-electron chi connectivity index (χ1n) is 10.9. The molecule has 0 amide bonds. The zero-order valence-corrected chi connectivity index (χ0v) is 18.7. The molecule has 0 aliphatic carbocycles. The van der Waals surface area contributed by atoms with E-state index in [0.29, 0.717) is 19.1 Å². The van der Waals surface area contributed by atoms with Gasteiger partial charge in [0.15, 0.2) is 16.7 Å². The molecule has 1 unspecified atom stereocenters. The molecule has 2 aliphatic rings. The molecule has 31 heavy (non-hydrogen) atoms. The largest absolute Gasteiger partial charge is 0.486 e. The van der Waals surface area contributed by atoms with Crippen LogP contribution in [0.5, 0.6) is 11.5 Å². The minimum absolute atomic E-state index is 0.412. The normalized spacial score (nSPS) is 18.8. The number of piperidine rings is 1. The van der Waals surface area contributed by atoms with Crippen LogP contribution in [0.4, 0.5) is 0 Å².